The molecule has 1 heterocycles. The standard InChI is InChI=1S/C17H20N2O/c1-17(2,13-18)9-3-4-11-20-15-8-7-14-6-5-10-19-16(14)12-15/h5-8,10,12H,3-4,9,11H2,1-2H3. The highest BCUT2D eigenvalue weighted by atomic mass is 16.5. The molecule has 0 spiro atoms. The van der Waals surface area contributed by atoms with Crippen LogP contribution in [0.1, 0.15) is 33.1 Å². The first-order chi connectivity index (χ1) is 9.61. The van der Waals surface area contributed by atoms with Gasteiger partial charge in [0.15, 0.2) is 0 Å². The normalized spacial score (nSPS) is 11.2. The molecule has 3 heteroatoms. The van der Waals surface area contributed by atoms with E-state index in [-0.39, 0.29) is 5.41 Å². The topological polar surface area (TPSA) is 45.9 Å². The number of fused-ring (bicyclic) bond motifs is 1. The number of nitriles is 1. The lowest BCUT2D eigenvalue weighted by Gasteiger charge is -2.14. The van der Waals surface area contributed by atoms with Gasteiger partial charge in [0.1, 0.15) is 5.75 Å². The van der Waals surface area contributed by atoms with Gasteiger partial charge < -0.3 is 4.74 Å². The average Bonchev–Trinajstić information content (AvgIpc) is 2.46. The molecule has 1 aromatic heterocycles. The molecule has 3 nitrogen and oxygen atoms in total. The zero-order chi connectivity index (χ0) is 14.4. The maximum atomic E-state index is 8.94. The molecule has 0 aliphatic heterocycles. The minimum atomic E-state index is -0.229. The maximum absolute atomic E-state index is 8.94. The molecule has 104 valence electrons. The Kier molecular flexibility index (Phi) is 4.57. The van der Waals surface area contributed by atoms with Crippen LogP contribution in [0.2, 0.25) is 0 Å². The minimum Gasteiger partial charge on any atom is -0.494 e. The van der Waals surface area contributed by atoms with Gasteiger partial charge in [-0.2, -0.15) is 5.26 Å². The molecule has 0 aliphatic carbocycles. The van der Waals surface area contributed by atoms with Crippen LogP contribution < -0.4 is 4.74 Å². The lowest BCUT2D eigenvalue weighted by molar-refractivity contribution is 0.295. The summed E-state index contributed by atoms with van der Waals surface area (Å²) < 4.78 is 5.74. The average molecular weight is 268 g/mol. The first-order valence-electron chi connectivity index (χ1n) is 7.00. The van der Waals surface area contributed by atoms with Gasteiger partial charge in [-0.1, -0.05) is 6.07 Å². The first kappa shape index (κ1) is 14.3. The van der Waals surface area contributed by atoms with Gasteiger partial charge in [0.2, 0.25) is 0 Å². The highest BCUT2D eigenvalue weighted by Gasteiger charge is 2.15. The van der Waals surface area contributed by atoms with E-state index in [1.807, 2.05) is 44.2 Å². The summed E-state index contributed by atoms with van der Waals surface area (Å²) >= 11 is 0. The number of hydrogen-bond acceptors (Lipinski definition) is 3. The fourth-order valence-corrected chi connectivity index (χ4v) is 2.05. The van der Waals surface area contributed by atoms with Crippen molar-refractivity contribution < 1.29 is 4.74 Å². The van der Waals surface area contributed by atoms with E-state index in [2.05, 4.69) is 11.1 Å². The van der Waals surface area contributed by atoms with Crippen LogP contribution in [0, 0.1) is 16.7 Å². The van der Waals surface area contributed by atoms with Crippen LogP contribution in [0.5, 0.6) is 5.75 Å². The van der Waals surface area contributed by atoms with E-state index in [1.165, 1.54) is 0 Å². The van der Waals surface area contributed by atoms with Crippen molar-refractivity contribution in [3.8, 4) is 11.8 Å². The van der Waals surface area contributed by atoms with Gasteiger partial charge >= 0.3 is 0 Å². The van der Waals surface area contributed by atoms with Gasteiger partial charge in [-0.25, -0.2) is 0 Å². The molecular weight excluding hydrogens is 248 g/mol. The van der Waals surface area contributed by atoms with Crippen molar-refractivity contribution in [3.05, 3.63) is 36.5 Å². The molecule has 0 N–H and O–H groups in total. The Morgan fingerprint density at radius 3 is 2.90 bits per heavy atom. The highest BCUT2D eigenvalue weighted by Crippen LogP contribution is 2.22. The maximum Gasteiger partial charge on any atom is 0.121 e. The Labute approximate surface area is 120 Å². The molecule has 0 aliphatic rings. The zero-order valence-corrected chi connectivity index (χ0v) is 12.1. The number of nitrogens with zero attached hydrogens (tertiary/aromatic N) is 2. The number of benzene rings is 1. The van der Waals surface area contributed by atoms with Crippen LogP contribution in [0.25, 0.3) is 10.9 Å². The summed E-state index contributed by atoms with van der Waals surface area (Å²) in [7, 11) is 0. The third-order valence-electron chi connectivity index (χ3n) is 3.34. The van der Waals surface area contributed by atoms with Crippen molar-refractivity contribution in [2.75, 3.05) is 6.61 Å². The zero-order valence-electron chi connectivity index (χ0n) is 12.1. The van der Waals surface area contributed by atoms with E-state index in [1.54, 1.807) is 6.20 Å². The summed E-state index contributed by atoms with van der Waals surface area (Å²) in [5.74, 6) is 0.857. The number of hydrogen-bond donors (Lipinski definition) is 0. The minimum absolute atomic E-state index is 0.229. The summed E-state index contributed by atoms with van der Waals surface area (Å²) in [6.07, 6.45) is 4.67. The van der Waals surface area contributed by atoms with Crippen LogP contribution >= 0.6 is 0 Å². The van der Waals surface area contributed by atoms with E-state index in [0.29, 0.717) is 6.61 Å². The van der Waals surface area contributed by atoms with Gasteiger partial charge in [-0.3, -0.25) is 4.98 Å². The van der Waals surface area contributed by atoms with Crippen molar-refractivity contribution in [1.82, 2.24) is 4.98 Å². The predicted molar refractivity (Wildman–Crippen MR) is 80.5 cm³/mol. The van der Waals surface area contributed by atoms with Crippen molar-refractivity contribution in [1.29, 1.82) is 5.26 Å². The Morgan fingerprint density at radius 2 is 2.10 bits per heavy atom. The van der Waals surface area contributed by atoms with Crippen LogP contribution in [-0.2, 0) is 0 Å². The molecule has 0 saturated carbocycles. The fourth-order valence-electron chi connectivity index (χ4n) is 2.05. The van der Waals surface area contributed by atoms with E-state index in [0.717, 1.165) is 35.9 Å². The second-order valence-electron chi connectivity index (χ2n) is 5.66. The quantitative estimate of drug-likeness (QED) is 0.732. The van der Waals surface area contributed by atoms with Crippen molar-refractivity contribution in [3.63, 3.8) is 0 Å². The van der Waals surface area contributed by atoms with Gasteiger partial charge in [0.05, 0.1) is 23.6 Å². The van der Waals surface area contributed by atoms with Gasteiger partial charge in [0, 0.05) is 17.6 Å². The molecule has 0 amide bonds. The summed E-state index contributed by atoms with van der Waals surface area (Å²) in [5.41, 5.74) is 0.725. The number of ether oxygens (including phenoxy) is 1. The summed E-state index contributed by atoms with van der Waals surface area (Å²) in [6, 6.07) is 12.3. The first-order valence-corrected chi connectivity index (χ1v) is 7.00. The predicted octanol–water partition coefficient (Wildman–Crippen LogP) is 4.33. The largest absolute Gasteiger partial charge is 0.494 e. The Morgan fingerprint density at radius 1 is 1.25 bits per heavy atom. The smallest absolute Gasteiger partial charge is 0.121 e. The van der Waals surface area contributed by atoms with E-state index < -0.39 is 0 Å². The monoisotopic (exact) mass is 268 g/mol. The molecule has 0 saturated heterocycles. The lowest BCUT2D eigenvalue weighted by atomic mass is 9.89. The molecular formula is C17H20N2O. The summed E-state index contributed by atoms with van der Waals surface area (Å²) in [5, 5.41) is 10.1. The molecule has 1 aromatic carbocycles. The highest BCUT2D eigenvalue weighted by molar-refractivity contribution is 5.79. The Bertz CT molecular complexity index is 614. The van der Waals surface area contributed by atoms with Crippen molar-refractivity contribution in [2.24, 2.45) is 5.41 Å². The number of aromatic nitrogens is 1. The molecule has 2 rings (SSSR count). The molecule has 0 unspecified atom stereocenters. The number of unbranched alkanes of at least 4 members (excludes halogenated alkanes) is 1. The van der Waals surface area contributed by atoms with Gasteiger partial charge in [-0.05, 0) is 51.3 Å². The Balaban J connectivity index is 1.80. The van der Waals surface area contributed by atoms with Crippen LogP contribution in [0.4, 0.5) is 0 Å². The van der Waals surface area contributed by atoms with Crippen LogP contribution in [0.3, 0.4) is 0 Å². The molecule has 0 radical (unpaired) electrons. The van der Waals surface area contributed by atoms with Crippen LogP contribution in [0.15, 0.2) is 36.5 Å². The second-order valence-corrected chi connectivity index (χ2v) is 5.66. The lowest BCUT2D eigenvalue weighted by Crippen LogP contribution is -2.08. The van der Waals surface area contributed by atoms with Gasteiger partial charge in [0.25, 0.3) is 0 Å². The molecule has 20 heavy (non-hydrogen) atoms. The van der Waals surface area contributed by atoms with E-state index in [9.17, 15) is 0 Å². The summed E-state index contributed by atoms with van der Waals surface area (Å²) in [6.45, 7) is 4.63. The van der Waals surface area contributed by atoms with E-state index in [4.69, 9.17) is 10.00 Å². The second kappa shape index (κ2) is 6.38. The molecule has 2 aromatic rings. The van der Waals surface area contributed by atoms with E-state index >= 15 is 0 Å². The number of pyridine rings is 1. The molecule has 0 atom stereocenters. The third kappa shape index (κ3) is 3.96. The van der Waals surface area contributed by atoms with Crippen LogP contribution in [-0.4, -0.2) is 11.6 Å². The third-order valence-corrected chi connectivity index (χ3v) is 3.34. The van der Waals surface area contributed by atoms with Crippen molar-refractivity contribution >= 4 is 10.9 Å². The fraction of sp³-hybridized carbons (Fsp3) is 0.412. The molecule has 0 fully saturated rings. The summed E-state index contributed by atoms with van der Waals surface area (Å²) in [4.78, 5) is 4.31. The van der Waals surface area contributed by atoms with Crippen molar-refractivity contribution in [2.45, 2.75) is 33.1 Å². The van der Waals surface area contributed by atoms with Gasteiger partial charge in [-0.15, -0.1) is 0 Å². The SMILES string of the molecule is CC(C)(C#N)CCCCOc1ccc2cccnc2c1. The number of rotatable bonds is 6. The Hall–Kier alpha value is -2.08. The molecule has 0 bridgehead atoms.